The molecular weight excluding hydrogens is 437 g/mol. The van der Waals surface area contributed by atoms with E-state index in [2.05, 4.69) is 29.8 Å². The molecule has 1 aromatic rings. The first-order valence-corrected chi connectivity index (χ1v) is 12.0. The van der Waals surface area contributed by atoms with Crippen LogP contribution in [-0.2, 0) is 9.59 Å². The number of rotatable bonds is 6. The van der Waals surface area contributed by atoms with Crippen molar-refractivity contribution in [3.05, 3.63) is 28.2 Å². The minimum atomic E-state index is -0.161. The molecule has 2 amide bonds. The molecular formula is C23H31Cl2N3O3. The standard InChI is InChI=1S/C23H31Cl2N3O3/c1-12-5-16(10-26-13(12)2)23(30)28-21-9-20(14-6-15(21)7-14)27-22(29)11-31-17-3-4-18(24)19(25)8-17/h3-4,8,12-16,20-21,26H,5-7,9-11H2,1-2H3,(H,27,29)(H,28,30)/t12?,13?,14?,15?,16?,20?,21-/m1/s1. The Hall–Kier alpha value is -1.50. The van der Waals surface area contributed by atoms with Crippen LogP contribution < -0.4 is 20.7 Å². The fourth-order valence-electron chi connectivity index (χ4n) is 5.11. The Kier molecular flexibility index (Phi) is 6.99. The molecule has 0 aromatic heterocycles. The van der Waals surface area contributed by atoms with Crippen LogP contribution in [0, 0.1) is 23.7 Å². The molecule has 5 atom stereocenters. The fraction of sp³-hybridized carbons (Fsp3) is 0.652. The summed E-state index contributed by atoms with van der Waals surface area (Å²) < 4.78 is 5.55. The Labute approximate surface area is 193 Å². The summed E-state index contributed by atoms with van der Waals surface area (Å²) in [6.45, 7) is 5.03. The van der Waals surface area contributed by atoms with Crippen molar-refractivity contribution in [1.82, 2.24) is 16.0 Å². The SMILES string of the molecule is CC1CC(C(=O)N[C@@H]2CC(NC(=O)COc3ccc(Cl)c(Cl)c3)C3CC2C3)CNC1C. The second-order valence-corrected chi connectivity index (χ2v) is 10.3. The summed E-state index contributed by atoms with van der Waals surface area (Å²) in [5.74, 6) is 2.03. The first-order chi connectivity index (χ1) is 14.8. The van der Waals surface area contributed by atoms with Gasteiger partial charge in [0.25, 0.3) is 5.91 Å². The molecule has 1 saturated heterocycles. The van der Waals surface area contributed by atoms with Gasteiger partial charge in [-0.15, -0.1) is 0 Å². The quantitative estimate of drug-likeness (QED) is 0.598. The summed E-state index contributed by atoms with van der Waals surface area (Å²) in [6, 6.07) is 5.59. The van der Waals surface area contributed by atoms with Gasteiger partial charge in [0.05, 0.1) is 16.0 Å². The summed E-state index contributed by atoms with van der Waals surface area (Å²) in [5.41, 5.74) is 0. The highest BCUT2D eigenvalue weighted by Gasteiger charge is 2.47. The zero-order valence-electron chi connectivity index (χ0n) is 18.0. The number of carbonyl (C=O) groups is 2. The summed E-state index contributed by atoms with van der Waals surface area (Å²) in [6.07, 6.45) is 3.82. The number of ether oxygens (including phenoxy) is 1. The maximum Gasteiger partial charge on any atom is 0.258 e. The normalized spacial score (nSPS) is 34.4. The van der Waals surface area contributed by atoms with Crippen LogP contribution in [0.25, 0.3) is 0 Å². The summed E-state index contributed by atoms with van der Waals surface area (Å²) in [4.78, 5) is 25.3. The van der Waals surface area contributed by atoms with Gasteiger partial charge in [-0.2, -0.15) is 0 Å². The third-order valence-corrected chi connectivity index (χ3v) is 8.10. The topological polar surface area (TPSA) is 79.5 Å². The van der Waals surface area contributed by atoms with E-state index in [9.17, 15) is 9.59 Å². The molecule has 0 spiro atoms. The predicted molar refractivity (Wildman–Crippen MR) is 121 cm³/mol. The monoisotopic (exact) mass is 467 g/mol. The number of nitrogens with one attached hydrogen (secondary N) is 3. The zero-order chi connectivity index (χ0) is 22.1. The third-order valence-electron chi connectivity index (χ3n) is 7.36. The van der Waals surface area contributed by atoms with Gasteiger partial charge in [0.2, 0.25) is 5.91 Å². The number of benzene rings is 1. The molecule has 4 unspecified atom stereocenters. The van der Waals surface area contributed by atoms with Crippen molar-refractivity contribution in [3.8, 4) is 5.75 Å². The molecule has 4 fully saturated rings. The lowest BCUT2D eigenvalue weighted by Crippen LogP contribution is -2.61. The van der Waals surface area contributed by atoms with Gasteiger partial charge < -0.3 is 20.7 Å². The fourth-order valence-corrected chi connectivity index (χ4v) is 5.40. The van der Waals surface area contributed by atoms with Crippen molar-refractivity contribution in [2.75, 3.05) is 13.2 Å². The van der Waals surface area contributed by atoms with Gasteiger partial charge in [0, 0.05) is 30.7 Å². The average Bonchev–Trinajstić information content (AvgIpc) is 2.70. The molecule has 8 heteroatoms. The highest BCUT2D eigenvalue weighted by Crippen LogP contribution is 2.46. The maximum atomic E-state index is 12.8. The van der Waals surface area contributed by atoms with E-state index in [-0.39, 0.29) is 36.4 Å². The van der Waals surface area contributed by atoms with E-state index < -0.39 is 0 Å². The van der Waals surface area contributed by atoms with Gasteiger partial charge in [-0.05, 0) is 62.5 Å². The highest BCUT2D eigenvalue weighted by molar-refractivity contribution is 6.42. The van der Waals surface area contributed by atoms with Crippen LogP contribution in [-0.4, -0.2) is 43.1 Å². The van der Waals surface area contributed by atoms with Crippen LogP contribution in [0.5, 0.6) is 5.75 Å². The van der Waals surface area contributed by atoms with Crippen LogP contribution in [0.3, 0.4) is 0 Å². The van der Waals surface area contributed by atoms with Crippen LogP contribution in [0.1, 0.15) is 39.5 Å². The number of amides is 2. The van der Waals surface area contributed by atoms with Crippen molar-refractivity contribution in [1.29, 1.82) is 0 Å². The van der Waals surface area contributed by atoms with Gasteiger partial charge in [-0.1, -0.05) is 30.1 Å². The Balaban J connectivity index is 1.26. The van der Waals surface area contributed by atoms with E-state index in [1.165, 1.54) is 0 Å². The van der Waals surface area contributed by atoms with E-state index in [1.54, 1.807) is 18.2 Å². The van der Waals surface area contributed by atoms with Crippen molar-refractivity contribution < 1.29 is 14.3 Å². The second-order valence-electron chi connectivity index (χ2n) is 9.49. The predicted octanol–water partition coefficient (Wildman–Crippen LogP) is 3.41. The van der Waals surface area contributed by atoms with Gasteiger partial charge in [-0.25, -0.2) is 0 Å². The van der Waals surface area contributed by atoms with Crippen LogP contribution in [0.4, 0.5) is 0 Å². The van der Waals surface area contributed by atoms with Crippen molar-refractivity contribution >= 4 is 35.0 Å². The third kappa shape index (κ3) is 5.29. The Morgan fingerprint density at radius 2 is 1.74 bits per heavy atom. The molecule has 4 aliphatic rings. The van der Waals surface area contributed by atoms with Crippen LogP contribution in [0.2, 0.25) is 10.0 Å². The number of hydrogen-bond acceptors (Lipinski definition) is 4. The van der Waals surface area contributed by atoms with Gasteiger partial charge in [0.1, 0.15) is 5.75 Å². The lowest BCUT2D eigenvalue weighted by atomic mass is 9.60. The molecule has 1 aliphatic heterocycles. The molecule has 1 heterocycles. The molecule has 3 aliphatic carbocycles. The van der Waals surface area contributed by atoms with E-state index in [1.807, 2.05) is 0 Å². The van der Waals surface area contributed by atoms with Crippen molar-refractivity contribution in [2.45, 2.75) is 57.7 Å². The molecule has 0 radical (unpaired) electrons. The zero-order valence-corrected chi connectivity index (χ0v) is 19.5. The summed E-state index contributed by atoms with van der Waals surface area (Å²) in [7, 11) is 0. The molecule has 5 rings (SSSR count). The van der Waals surface area contributed by atoms with E-state index >= 15 is 0 Å². The lowest BCUT2D eigenvalue weighted by Gasteiger charge is -2.51. The first-order valence-electron chi connectivity index (χ1n) is 11.2. The van der Waals surface area contributed by atoms with Crippen molar-refractivity contribution in [3.63, 3.8) is 0 Å². The molecule has 31 heavy (non-hydrogen) atoms. The van der Waals surface area contributed by atoms with Crippen LogP contribution in [0.15, 0.2) is 18.2 Å². The summed E-state index contributed by atoms with van der Waals surface area (Å²) >= 11 is 11.9. The Bertz CT molecular complexity index is 830. The largest absolute Gasteiger partial charge is 0.484 e. The van der Waals surface area contributed by atoms with Crippen molar-refractivity contribution in [2.24, 2.45) is 23.7 Å². The van der Waals surface area contributed by atoms with Crippen LogP contribution >= 0.6 is 23.2 Å². The minimum absolute atomic E-state index is 0.0247. The second kappa shape index (κ2) is 9.55. The molecule has 170 valence electrons. The first kappa shape index (κ1) is 22.7. The van der Waals surface area contributed by atoms with Gasteiger partial charge in [-0.3, -0.25) is 9.59 Å². The molecule has 2 bridgehead atoms. The number of fused-ring (bicyclic) bond motifs is 2. The Morgan fingerprint density at radius 1 is 1.03 bits per heavy atom. The number of carbonyl (C=O) groups excluding carboxylic acids is 2. The van der Waals surface area contributed by atoms with Gasteiger partial charge >= 0.3 is 0 Å². The van der Waals surface area contributed by atoms with E-state index in [0.717, 1.165) is 32.2 Å². The van der Waals surface area contributed by atoms with Gasteiger partial charge in [0.15, 0.2) is 6.61 Å². The number of piperidine rings is 1. The molecule has 3 N–H and O–H groups in total. The smallest absolute Gasteiger partial charge is 0.258 e. The molecule has 3 saturated carbocycles. The Morgan fingerprint density at radius 3 is 2.42 bits per heavy atom. The number of hydrogen-bond donors (Lipinski definition) is 3. The maximum absolute atomic E-state index is 12.8. The highest BCUT2D eigenvalue weighted by atomic mass is 35.5. The van der Waals surface area contributed by atoms with E-state index in [0.29, 0.717) is 39.6 Å². The minimum Gasteiger partial charge on any atom is -0.484 e. The molecule has 6 nitrogen and oxygen atoms in total. The van der Waals surface area contributed by atoms with E-state index in [4.69, 9.17) is 27.9 Å². The average molecular weight is 468 g/mol. The molecule has 1 aromatic carbocycles. The number of halogens is 2. The summed E-state index contributed by atoms with van der Waals surface area (Å²) in [5, 5.41) is 10.7. The lowest BCUT2D eigenvalue weighted by molar-refractivity contribution is -0.129.